The lowest BCUT2D eigenvalue weighted by Gasteiger charge is -2.30. The molecule has 5 rings (SSSR count). The van der Waals surface area contributed by atoms with Crippen LogP contribution in [0.5, 0.6) is 0 Å². The summed E-state index contributed by atoms with van der Waals surface area (Å²) in [5, 5.41) is 0. The van der Waals surface area contributed by atoms with Gasteiger partial charge >= 0.3 is 0 Å². The summed E-state index contributed by atoms with van der Waals surface area (Å²) in [5.41, 5.74) is 5.02. The molecule has 3 aromatic rings. The van der Waals surface area contributed by atoms with Crippen LogP contribution in [0.2, 0.25) is 0 Å². The first-order chi connectivity index (χ1) is 13.3. The third-order valence-corrected chi connectivity index (χ3v) is 6.28. The topological polar surface area (TPSA) is 20.3 Å². The molecule has 0 aromatic heterocycles. The maximum absolute atomic E-state index is 13.5. The highest BCUT2D eigenvalue weighted by molar-refractivity contribution is 5.86. The summed E-state index contributed by atoms with van der Waals surface area (Å²) in [6.45, 7) is 1.57. The number of rotatable bonds is 3. The van der Waals surface area contributed by atoms with Crippen LogP contribution in [-0.2, 0) is 23.2 Å². The van der Waals surface area contributed by atoms with E-state index in [0.29, 0.717) is 5.91 Å². The first-order valence-corrected chi connectivity index (χ1v) is 9.76. The highest BCUT2D eigenvalue weighted by Crippen LogP contribution is 2.59. The van der Waals surface area contributed by atoms with E-state index in [1.165, 1.54) is 22.3 Å². The van der Waals surface area contributed by atoms with Crippen LogP contribution < -0.4 is 0 Å². The largest absolute Gasteiger partial charge is 0.338 e. The van der Waals surface area contributed by atoms with Crippen LogP contribution in [0, 0.1) is 5.92 Å². The van der Waals surface area contributed by atoms with Gasteiger partial charge in [-0.2, -0.15) is 0 Å². The Kier molecular flexibility index (Phi) is 3.86. The Labute approximate surface area is 160 Å². The van der Waals surface area contributed by atoms with Crippen molar-refractivity contribution in [3.05, 3.63) is 107 Å². The van der Waals surface area contributed by atoms with Crippen LogP contribution in [0.3, 0.4) is 0 Å². The first-order valence-electron chi connectivity index (χ1n) is 9.76. The van der Waals surface area contributed by atoms with Gasteiger partial charge in [0.2, 0.25) is 5.91 Å². The number of carbonyl (C=O) groups is 1. The number of hydrogen-bond donors (Lipinski definition) is 0. The Morgan fingerprint density at radius 2 is 1.33 bits per heavy atom. The average Bonchev–Trinajstić information content (AvgIpc) is 3.51. The fourth-order valence-corrected chi connectivity index (χ4v) is 4.74. The molecule has 0 N–H and O–H groups in total. The van der Waals surface area contributed by atoms with Gasteiger partial charge < -0.3 is 4.90 Å². The maximum atomic E-state index is 13.5. The van der Waals surface area contributed by atoms with Gasteiger partial charge in [-0.25, -0.2) is 0 Å². The predicted octanol–water partition coefficient (Wildman–Crippen LogP) is 4.58. The van der Waals surface area contributed by atoms with E-state index in [-0.39, 0.29) is 11.3 Å². The van der Waals surface area contributed by atoms with Crippen LogP contribution in [-0.4, -0.2) is 17.4 Å². The maximum Gasteiger partial charge on any atom is 0.227 e. The normalized spacial score (nSPS) is 20.0. The van der Waals surface area contributed by atoms with Gasteiger partial charge in [0.05, 0.1) is 5.92 Å². The van der Waals surface area contributed by atoms with Crippen molar-refractivity contribution in [3.63, 3.8) is 0 Å². The van der Waals surface area contributed by atoms with Crippen molar-refractivity contribution in [2.75, 3.05) is 6.54 Å². The summed E-state index contributed by atoms with van der Waals surface area (Å²) >= 11 is 0. The van der Waals surface area contributed by atoms with Gasteiger partial charge in [-0.05, 0) is 35.1 Å². The zero-order chi connectivity index (χ0) is 18.3. The molecular formula is C25H23NO. The van der Waals surface area contributed by atoms with Crippen molar-refractivity contribution >= 4 is 5.91 Å². The molecule has 1 aliphatic heterocycles. The summed E-state index contributed by atoms with van der Waals surface area (Å²) in [6.07, 6.45) is 1.86. The standard InChI is InChI=1S/C25H23NO/c27-24(26-16-15-19-9-7-8-10-20(19)18-26)23-17-25(23,21-11-3-1-4-12-21)22-13-5-2-6-14-22/h1-14,23H,15-18H2. The smallest absolute Gasteiger partial charge is 0.227 e. The molecule has 27 heavy (non-hydrogen) atoms. The quantitative estimate of drug-likeness (QED) is 0.675. The van der Waals surface area contributed by atoms with Crippen molar-refractivity contribution in [1.82, 2.24) is 4.90 Å². The summed E-state index contributed by atoms with van der Waals surface area (Å²) in [4.78, 5) is 15.5. The average molecular weight is 353 g/mol. The van der Waals surface area contributed by atoms with Crippen LogP contribution in [0.15, 0.2) is 84.9 Å². The first kappa shape index (κ1) is 16.3. The molecule has 0 radical (unpaired) electrons. The Morgan fingerprint density at radius 3 is 1.96 bits per heavy atom. The van der Waals surface area contributed by atoms with Crippen molar-refractivity contribution in [3.8, 4) is 0 Å². The van der Waals surface area contributed by atoms with E-state index in [0.717, 1.165) is 25.9 Å². The Morgan fingerprint density at radius 1 is 0.778 bits per heavy atom. The molecule has 0 bridgehead atoms. The van der Waals surface area contributed by atoms with Crippen LogP contribution >= 0.6 is 0 Å². The van der Waals surface area contributed by atoms with E-state index in [1.807, 2.05) is 12.1 Å². The van der Waals surface area contributed by atoms with Crippen molar-refractivity contribution in [2.24, 2.45) is 5.92 Å². The van der Waals surface area contributed by atoms with E-state index in [9.17, 15) is 4.79 Å². The molecule has 134 valence electrons. The zero-order valence-corrected chi connectivity index (χ0v) is 15.3. The third-order valence-electron chi connectivity index (χ3n) is 6.28. The molecule has 2 aliphatic rings. The summed E-state index contributed by atoms with van der Waals surface area (Å²) < 4.78 is 0. The molecule has 2 heteroatoms. The summed E-state index contributed by atoms with van der Waals surface area (Å²) in [7, 11) is 0. The van der Waals surface area contributed by atoms with Gasteiger partial charge in [-0.1, -0.05) is 84.9 Å². The molecule has 1 aliphatic carbocycles. The SMILES string of the molecule is O=C(C1CC1(c1ccccc1)c1ccccc1)N1CCc2ccccc2C1. The van der Waals surface area contributed by atoms with Gasteiger partial charge in [0.25, 0.3) is 0 Å². The predicted molar refractivity (Wildman–Crippen MR) is 107 cm³/mol. The van der Waals surface area contributed by atoms with Crippen molar-refractivity contribution in [2.45, 2.75) is 24.8 Å². The molecule has 1 fully saturated rings. The van der Waals surface area contributed by atoms with Gasteiger partial charge in [-0.3, -0.25) is 4.79 Å². The Bertz CT molecular complexity index is 924. The number of hydrogen-bond acceptors (Lipinski definition) is 1. The fourth-order valence-electron chi connectivity index (χ4n) is 4.74. The second-order valence-electron chi connectivity index (χ2n) is 7.74. The van der Waals surface area contributed by atoms with Gasteiger partial charge in [0.15, 0.2) is 0 Å². The lowest BCUT2D eigenvalue weighted by atomic mass is 9.85. The number of benzene rings is 3. The van der Waals surface area contributed by atoms with Gasteiger partial charge in [0, 0.05) is 18.5 Å². The molecule has 1 heterocycles. The number of carbonyl (C=O) groups excluding carboxylic acids is 1. The minimum absolute atomic E-state index is 0.0348. The molecule has 2 nitrogen and oxygen atoms in total. The second-order valence-corrected chi connectivity index (χ2v) is 7.74. The van der Waals surface area contributed by atoms with E-state index >= 15 is 0 Å². The van der Waals surface area contributed by atoms with E-state index < -0.39 is 0 Å². The molecular weight excluding hydrogens is 330 g/mol. The minimum Gasteiger partial charge on any atom is -0.338 e. The summed E-state index contributed by atoms with van der Waals surface area (Å²) in [6, 6.07) is 29.6. The molecule has 3 aromatic carbocycles. The number of fused-ring (bicyclic) bond motifs is 1. The molecule has 1 saturated carbocycles. The number of nitrogens with zero attached hydrogens (tertiary/aromatic N) is 1. The van der Waals surface area contributed by atoms with Crippen molar-refractivity contribution < 1.29 is 4.79 Å². The van der Waals surface area contributed by atoms with E-state index in [1.54, 1.807) is 0 Å². The molecule has 0 saturated heterocycles. The molecule has 1 atom stereocenters. The Balaban J connectivity index is 1.46. The minimum atomic E-state index is -0.170. The number of amides is 1. The van der Waals surface area contributed by atoms with Crippen LogP contribution in [0.25, 0.3) is 0 Å². The van der Waals surface area contributed by atoms with Crippen molar-refractivity contribution in [1.29, 1.82) is 0 Å². The van der Waals surface area contributed by atoms with E-state index in [2.05, 4.69) is 77.7 Å². The van der Waals surface area contributed by atoms with Gasteiger partial charge in [0.1, 0.15) is 0 Å². The zero-order valence-electron chi connectivity index (χ0n) is 15.3. The lowest BCUT2D eigenvalue weighted by molar-refractivity contribution is -0.133. The third kappa shape index (κ3) is 2.68. The monoisotopic (exact) mass is 353 g/mol. The van der Waals surface area contributed by atoms with Crippen LogP contribution in [0.4, 0.5) is 0 Å². The molecule has 0 spiro atoms. The fraction of sp³-hybridized carbons (Fsp3) is 0.240. The summed E-state index contributed by atoms with van der Waals surface area (Å²) in [5.74, 6) is 0.338. The second kappa shape index (κ2) is 6.38. The molecule has 1 amide bonds. The Hall–Kier alpha value is -2.87. The highest BCUT2D eigenvalue weighted by atomic mass is 16.2. The van der Waals surface area contributed by atoms with Gasteiger partial charge in [-0.15, -0.1) is 0 Å². The molecule has 1 unspecified atom stereocenters. The lowest BCUT2D eigenvalue weighted by Crippen LogP contribution is -2.38. The van der Waals surface area contributed by atoms with E-state index in [4.69, 9.17) is 0 Å². The highest BCUT2D eigenvalue weighted by Gasteiger charge is 2.61. The van der Waals surface area contributed by atoms with Crippen LogP contribution in [0.1, 0.15) is 28.7 Å².